The van der Waals surface area contributed by atoms with Gasteiger partial charge in [0.2, 0.25) is 5.91 Å². The number of anilines is 1. The average Bonchev–Trinajstić information content (AvgIpc) is 3.18. The molecule has 0 saturated carbocycles. The van der Waals surface area contributed by atoms with Crippen molar-refractivity contribution >= 4 is 33.2 Å². The first-order valence-corrected chi connectivity index (χ1v) is 10.9. The summed E-state index contributed by atoms with van der Waals surface area (Å²) < 4.78 is 33.1. The molecule has 1 aliphatic rings. The highest BCUT2D eigenvalue weighted by Crippen LogP contribution is 2.25. The Morgan fingerprint density at radius 2 is 2.00 bits per heavy atom. The minimum Gasteiger partial charge on any atom is -0.376 e. The predicted molar refractivity (Wildman–Crippen MR) is 109 cm³/mol. The van der Waals surface area contributed by atoms with E-state index in [1.165, 1.54) is 24.3 Å². The Kier molecular flexibility index (Phi) is 6.59. The van der Waals surface area contributed by atoms with Crippen molar-refractivity contribution in [2.24, 2.45) is 0 Å². The topological polar surface area (TPSA) is 75.7 Å². The molecule has 0 bridgehead atoms. The number of hydrogen-bond acceptors (Lipinski definition) is 4. The van der Waals surface area contributed by atoms with Crippen molar-refractivity contribution in [2.75, 3.05) is 24.0 Å². The van der Waals surface area contributed by atoms with Crippen LogP contribution >= 0.6 is 11.6 Å². The van der Waals surface area contributed by atoms with Gasteiger partial charge < -0.3 is 10.1 Å². The van der Waals surface area contributed by atoms with Crippen LogP contribution in [0.15, 0.2) is 53.4 Å². The largest absolute Gasteiger partial charge is 0.376 e. The normalized spacial score (nSPS) is 16.7. The van der Waals surface area contributed by atoms with Gasteiger partial charge in [0.25, 0.3) is 10.0 Å². The van der Waals surface area contributed by atoms with Crippen LogP contribution in [0.5, 0.6) is 0 Å². The summed E-state index contributed by atoms with van der Waals surface area (Å²) in [7, 11) is -3.94. The lowest BCUT2D eigenvalue weighted by Gasteiger charge is -2.24. The molecule has 2 aromatic rings. The standard InChI is InChI=1S/C20H23ClN2O4S/c1-15-4-2-5-17(12-15)23(14-20(24)22-13-18-6-3-11-27-18)28(25,26)19-9-7-16(21)8-10-19/h2,4-5,7-10,12,18H,3,6,11,13-14H2,1H3,(H,22,24). The summed E-state index contributed by atoms with van der Waals surface area (Å²) in [5.74, 6) is -0.380. The van der Waals surface area contributed by atoms with Gasteiger partial charge in [0.1, 0.15) is 6.54 Å². The van der Waals surface area contributed by atoms with Crippen LogP contribution in [0, 0.1) is 6.92 Å². The fourth-order valence-corrected chi connectivity index (χ4v) is 4.59. The van der Waals surface area contributed by atoms with E-state index in [4.69, 9.17) is 16.3 Å². The van der Waals surface area contributed by atoms with E-state index in [1.54, 1.807) is 18.2 Å². The molecule has 0 aliphatic carbocycles. The summed E-state index contributed by atoms with van der Waals surface area (Å²) in [5, 5.41) is 3.22. The number of benzene rings is 2. The zero-order valence-electron chi connectivity index (χ0n) is 15.6. The monoisotopic (exact) mass is 422 g/mol. The quantitative estimate of drug-likeness (QED) is 0.743. The smallest absolute Gasteiger partial charge is 0.264 e. The van der Waals surface area contributed by atoms with Crippen molar-refractivity contribution in [2.45, 2.75) is 30.8 Å². The second kappa shape index (κ2) is 8.94. The molecule has 0 aromatic heterocycles. The van der Waals surface area contributed by atoms with Gasteiger partial charge >= 0.3 is 0 Å². The maximum Gasteiger partial charge on any atom is 0.264 e. The third-order valence-electron chi connectivity index (χ3n) is 4.53. The van der Waals surface area contributed by atoms with E-state index in [1.807, 2.05) is 13.0 Å². The number of hydrogen-bond donors (Lipinski definition) is 1. The summed E-state index contributed by atoms with van der Waals surface area (Å²) >= 11 is 5.88. The number of halogens is 1. The van der Waals surface area contributed by atoms with Crippen LogP contribution < -0.4 is 9.62 Å². The van der Waals surface area contributed by atoms with E-state index in [2.05, 4.69) is 5.32 Å². The lowest BCUT2D eigenvalue weighted by molar-refractivity contribution is -0.120. The van der Waals surface area contributed by atoms with Crippen LogP contribution in [0.2, 0.25) is 5.02 Å². The zero-order valence-corrected chi connectivity index (χ0v) is 17.2. The van der Waals surface area contributed by atoms with Crippen molar-refractivity contribution in [3.63, 3.8) is 0 Å². The Morgan fingerprint density at radius 3 is 2.64 bits per heavy atom. The van der Waals surface area contributed by atoms with Gasteiger partial charge in [0, 0.05) is 18.2 Å². The second-order valence-corrected chi connectivity index (χ2v) is 9.04. The zero-order chi connectivity index (χ0) is 20.1. The van der Waals surface area contributed by atoms with E-state index in [0.717, 1.165) is 22.7 Å². The number of amides is 1. The highest BCUT2D eigenvalue weighted by atomic mass is 35.5. The van der Waals surface area contributed by atoms with E-state index >= 15 is 0 Å². The number of rotatable bonds is 7. The summed E-state index contributed by atoms with van der Waals surface area (Å²) in [6, 6.07) is 12.9. The summed E-state index contributed by atoms with van der Waals surface area (Å²) in [6.45, 7) is 2.62. The fourth-order valence-electron chi connectivity index (χ4n) is 3.05. The van der Waals surface area contributed by atoms with Gasteiger partial charge in [-0.05, 0) is 61.7 Å². The maximum absolute atomic E-state index is 13.2. The number of aryl methyl sites for hydroxylation is 1. The van der Waals surface area contributed by atoms with Crippen LogP contribution in [-0.4, -0.2) is 40.1 Å². The summed E-state index contributed by atoms with van der Waals surface area (Å²) in [5.41, 5.74) is 1.33. The van der Waals surface area contributed by atoms with Crippen molar-refractivity contribution in [3.8, 4) is 0 Å². The molecule has 6 nitrogen and oxygen atoms in total. The van der Waals surface area contributed by atoms with Crippen molar-refractivity contribution in [1.82, 2.24) is 5.32 Å². The molecule has 1 saturated heterocycles. The van der Waals surface area contributed by atoms with Crippen LogP contribution in [0.25, 0.3) is 0 Å². The van der Waals surface area contributed by atoms with Gasteiger partial charge in [-0.2, -0.15) is 0 Å². The Labute approximate surface area is 170 Å². The highest BCUT2D eigenvalue weighted by molar-refractivity contribution is 7.92. The van der Waals surface area contributed by atoms with Gasteiger partial charge in [0.05, 0.1) is 16.7 Å². The molecule has 28 heavy (non-hydrogen) atoms. The molecule has 2 aromatic carbocycles. The van der Waals surface area contributed by atoms with Gasteiger partial charge in [-0.25, -0.2) is 8.42 Å². The van der Waals surface area contributed by atoms with E-state index < -0.39 is 10.0 Å². The lowest BCUT2D eigenvalue weighted by Crippen LogP contribution is -2.42. The highest BCUT2D eigenvalue weighted by Gasteiger charge is 2.27. The van der Waals surface area contributed by atoms with Crippen molar-refractivity contribution in [3.05, 3.63) is 59.1 Å². The third kappa shape index (κ3) is 5.04. The average molecular weight is 423 g/mol. The first kappa shape index (κ1) is 20.6. The molecule has 1 fully saturated rings. The summed E-state index contributed by atoms with van der Waals surface area (Å²) in [6.07, 6.45) is 1.86. The Balaban J connectivity index is 1.84. The van der Waals surface area contributed by atoms with Crippen LogP contribution in [0.1, 0.15) is 18.4 Å². The fraction of sp³-hybridized carbons (Fsp3) is 0.350. The van der Waals surface area contributed by atoms with Gasteiger partial charge in [-0.15, -0.1) is 0 Å². The molecular weight excluding hydrogens is 400 g/mol. The number of nitrogens with zero attached hydrogens (tertiary/aromatic N) is 1. The molecule has 0 radical (unpaired) electrons. The Morgan fingerprint density at radius 1 is 1.25 bits per heavy atom. The van der Waals surface area contributed by atoms with Crippen LogP contribution in [0.3, 0.4) is 0 Å². The van der Waals surface area contributed by atoms with Gasteiger partial charge in [0.15, 0.2) is 0 Å². The second-order valence-electron chi connectivity index (χ2n) is 6.74. The third-order valence-corrected chi connectivity index (χ3v) is 6.57. The van der Waals surface area contributed by atoms with E-state index in [0.29, 0.717) is 23.9 Å². The molecular formula is C20H23ClN2O4S. The molecule has 1 aliphatic heterocycles. The van der Waals surface area contributed by atoms with Crippen LogP contribution in [0.4, 0.5) is 5.69 Å². The van der Waals surface area contributed by atoms with E-state index in [9.17, 15) is 13.2 Å². The number of nitrogens with one attached hydrogen (secondary N) is 1. The SMILES string of the molecule is Cc1cccc(N(CC(=O)NCC2CCCO2)S(=O)(=O)c2ccc(Cl)cc2)c1. The van der Waals surface area contributed by atoms with Gasteiger partial charge in [-0.1, -0.05) is 23.7 Å². The minimum absolute atomic E-state index is 0.00996. The molecule has 1 N–H and O–H groups in total. The summed E-state index contributed by atoms with van der Waals surface area (Å²) in [4.78, 5) is 12.6. The number of carbonyl (C=O) groups is 1. The molecule has 1 amide bonds. The maximum atomic E-state index is 13.2. The molecule has 8 heteroatoms. The van der Waals surface area contributed by atoms with Crippen molar-refractivity contribution in [1.29, 1.82) is 0 Å². The Hall–Kier alpha value is -2.09. The molecule has 3 rings (SSSR count). The molecule has 0 spiro atoms. The Bertz CT molecular complexity index is 925. The van der Waals surface area contributed by atoms with Crippen LogP contribution in [-0.2, 0) is 19.6 Å². The molecule has 150 valence electrons. The van der Waals surface area contributed by atoms with Crippen molar-refractivity contribution < 1.29 is 17.9 Å². The molecule has 1 heterocycles. The number of ether oxygens (including phenoxy) is 1. The first-order chi connectivity index (χ1) is 13.4. The molecule has 1 atom stereocenters. The number of sulfonamides is 1. The molecule has 1 unspecified atom stereocenters. The van der Waals surface area contributed by atoms with Gasteiger partial charge in [-0.3, -0.25) is 9.10 Å². The van der Waals surface area contributed by atoms with E-state index in [-0.39, 0.29) is 23.5 Å². The first-order valence-electron chi connectivity index (χ1n) is 9.09. The minimum atomic E-state index is -3.94. The predicted octanol–water partition coefficient (Wildman–Crippen LogP) is 3.14. The number of carbonyl (C=O) groups excluding carboxylic acids is 1. The lowest BCUT2D eigenvalue weighted by atomic mass is 10.2.